The Kier molecular flexibility index (Phi) is 4.82. The van der Waals surface area contributed by atoms with E-state index in [0.717, 1.165) is 12.2 Å². The average molecular weight is 271 g/mol. The van der Waals surface area contributed by atoms with Crippen molar-refractivity contribution < 1.29 is 9.53 Å². The van der Waals surface area contributed by atoms with Crippen LogP contribution in [0, 0.1) is 0 Å². The monoisotopic (exact) mass is 270 g/mol. The Hall–Kier alpha value is -0.830. The lowest BCUT2D eigenvalue weighted by atomic mass is 10.1. The van der Waals surface area contributed by atoms with Crippen LogP contribution in [0.3, 0.4) is 0 Å². The van der Waals surface area contributed by atoms with Crippen molar-refractivity contribution in [3.8, 4) is 5.75 Å². The van der Waals surface area contributed by atoms with E-state index in [1.165, 1.54) is 0 Å². The first kappa shape index (κ1) is 12.2. The van der Waals surface area contributed by atoms with Crippen LogP contribution in [0.5, 0.6) is 5.75 Å². The molecule has 15 heavy (non-hydrogen) atoms. The molecule has 1 rings (SSSR count). The summed E-state index contributed by atoms with van der Waals surface area (Å²) >= 11 is 3.14. The number of ketones is 1. The molecule has 1 aromatic carbocycles. The lowest BCUT2D eigenvalue weighted by molar-refractivity contribution is 0.102. The molecule has 0 fully saturated rings. The Morgan fingerprint density at radius 2 is 2.00 bits per heavy atom. The number of hydrogen-bond acceptors (Lipinski definition) is 2. The highest BCUT2D eigenvalue weighted by molar-refractivity contribution is 9.09. The molecule has 1 aromatic rings. The molecule has 0 radical (unpaired) electrons. The zero-order chi connectivity index (χ0) is 11.3. The Balaban J connectivity index is 2.68. The van der Waals surface area contributed by atoms with Crippen LogP contribution < -0.4 is 4.74 Å². The summed E-state index contributed by atoms with van der Waals surface area (Å²) in [5.74, 6) is 0.903. The van der Waals surface area contributed by atoms with Gasteiger partial charge in [-0.05, 0) is 37.6 Å². The van der Waals surface area contributed by atoms with Gasteiger partial charge in [-0.1, -0.05) is 22.9 Å². The lowest BCUT2D eigenvalue weighted by Crippen LogP contribution is -2.09. The number of hydrogen-bond donors (Lipinski definition) is 0. The van der Waals surface area contributed by atoms with Gasteiger partial charge in [-0.25, -0.2) is 0 Å². The molecule has 0 aliphatic carbocycles. The Morgan fingerprint density at radius 3 is 2.47 bits per heavy atom. The van der Waals surface area contributed by atoms with Crippen LogP contribution in [-0.4, -0.2) is 17.2 Å². The molecule has 0 N–H and O–H groups in total. The van der Waals surface area contributed by atoms with Gasteiger partial charge in [-0.15, -0.1) is 0 Å². The summed E-state index contributed by atoms with van der Waals surface area (Å²) in [6.45, 7) is 4.10. The summed E-state index contributed by atoms with van der Waals surface area (Å²) in [7, 11) is 0. The van der Waals surface area contributed by atoms with Gasteiger partial charge in [-0.3, -0.25) is 4.79 Å². The van der Waals surface area contributed by atoms with E-state index in [1.807, 2.05) is 19.1 Å². The predicted molar refractivity (Wildman–Crippen MR) is 64.9 cm³/mol. The van der Waals surface area contributed by atoms with Crippen LogP contribution in [-0.2, 0) is 0 Å². The molecular formula is C12H15BrO2. The van der Waals surface area contributed by atoms with Crippen LogP contribution in [0.15, 0.2) is 24.3 Å². The highest BCUT2D eigenvalue weighted by Crippen LogP contribution is 2.15. The maximum atomic E-state index is 11.3. The highest BCUT2D eigenvalue weighted by atomic mass is 79.9. The zero-order valence-electron chi connectivity index (χ0n) is 9.00. The van der Waals surface area contributed by atoms with Crippen LogP contribution in [0.2, 0.25) is 0 Å². The van der Waals surface area contributed by atoms with Crippen molar-refractivity contribution in [2.45, 2.75) is 26.4 Å². The maximum Gasteiger partial charge on any atom is 0.173 e. The molecule has 2 nitrogen and oxygen atoms in total. The third kappa shape index (κ3) is 3.67. The molecule has 0 bridgehead atoms. The number of carbonyl (C=O) groups excluding carboxylic acids is 1. The first-order chi connectivity index (χ1) is 7.17. The standard InChI is InChI=1S/C12H15BrO2/c1-3-9(2)15-11-6-4-10(5-7-11)12(14)8-13/h4-7,9H,3,8H2,1-2H3. The van der Waals surface area contributed by atoms with Crippen LogP contribution in [0.1, 0.15) is 30.6 Å². The van der Waals surface area contributed by atoms with E-state index < -0.39 is 0 Å². The molecule has 0 saturated carbocycles. The van der Waals surface area contributed by atoms with Gasteiger partial charge in [-0.2, -0.15) is 0 Å². The third-order valence-electron chi connectivity index (χ3n) is 2.21. The normalized spacial score (nSPS) is 12.2. The van der Waals surface area contributed by atoms with Crippen LogP contribution in [0.25, 0.3) is 0 Å². The molecule has 1 unspecified atom stereocenters. The van der Waals surface area contributed by atoms with Crippen molar-refractivity contribution in [3.63, 3.8) is 0 Å². The van der Waals surface area contributed by atoms with Gasteiger partial charge in [0.1, 0.15) is 5.75 Å². The van der Waals surface area contributed by atoms with E-state index in [4.69, 9.17) is 4.74 Å². The first-order valence-electron chi connectivity index (χ1n) is 5.03. The molecule has 3 heteroatoms. The van der Waals surface area contributed by atoms with Crippen LogP contribution in [0.4, 0.5) is 0 Å². The average Bonchev–Trinajstić information content (AvgIpc) is 2.29. The van der Waals surface area contributed by atoms with Crippen molar-refractivity contribution in [2.24, 2.45) is 0 Å². The van der Waals surface area contributed by atoms with Crippen molar-refractivity contribution in [1.29, 1.82) is 0 Å². The smallest absolute Gasteiger partial charge is 0.173 e. The molecule has 0 saturated heterocycles. The molecule has 0 amide bonds. The van der Waals surface area contributed by atoms with Gasteiger partial charge in [0, 0.05) is 5.56 Å². The topological polar surface area (TPSA) is 26.3 Å². The van der Waals surface area contributed by atoms with Crippen molar-refractivity contribution >= 4 is 21.7 Å². The Bertz CT molecular complexity index is 319. The van der Waals surface area contributed by atoms with Gasteiger partial charge in [0.05, 0.1) is 11.4 Å². The minimum atomic E-state index is 0.0880. The summed E-state index contributed by atoms with van der Waals surface area (Å²) in [4.78, 5) is 11.3. The number of ether oxygens (including phenoxy) is 1. The van der Waals surface area contributed by atoms with Gasteiger partial charge in [0.25, 0.3) is 0 Å². The molecule has 82 valence electrons. The highest BCUT2D eigenvalue weighted by Gasteiger charge is 2.05. The van der Waals surface area contributed by atoms with E-state index in [-0.39, 0.29) is 11.9 Å². The number of Topliss-reactive ketones (excluding diaryl/α,β-unsaturated/α-hetero) is 1. The molecule has 0 spiro atoms. The Morgan fingerprint density at radius 1 is 1.40 bits per heavy atom. The van der Waals surface area contributed by atoms with Crippen LogP contribution >= 0.6 is 15.9 Å². The van der Waals surface area contributed by atoms with Crippen molar-refractivity contribution in [2.75, 3.05) is 5.33 Å². The second kappa shape index (κ2) is 5.91. The number of rotatable bonds is 5. The van der Waals surface area contributed by atoms with Crippen molar-refractivity contribution in [1.82, 2.24) is 0 Å². The lowest BCUT2D eigenvalue weighted by Gasteiger charge is -2.12. The Labute approximate surface area is 98.8 Å². The minimum absolute atomic E-state index is 0.0880. The van der Waals surface area contributed by atoms with E-state index in [9.17, 15) is 4.79 Å². The third-order valence-corrected chi connectivity index (χ3v) is 2.72. The number of benzene rings is 1. The molecule has 0 aliphatic rings. The molecule has 0 aliphatic heterocycles. The van der Waals surface area contributed by atoms with Gasteiger partial charge in [0.2, 0.25) is 0 Å². The molecular weight excluding hydrogens is 256 g/mol. The predicted octanol–water partition coefficient (Wildman–Crippen LogP) is 3.44. The number of carbonyl (C=O) groups is 1. The summed E-state index contributed by atoms with van der Waals surface area (Å²) < 4.78 is 5.61. The van der Waals surface area contributed by atoms with E-state index >= 15 is 0 Å². The minimum Gasteiger partial charge on any atom is -0.491 e. The second-order valence-corrected chi connectivity index (χ2v) is 3.98. The van der Waals surface area contributed by atoms with Crippen molar-refractivity contribution in [3.05, 3.63) is 29.8 Å². The zero-order valence-corrected chi connectivity index (χ0v) is 10.6. The maximum absolute atomic E-state index is 11.3. The van der Waals surface area contributed by atoms with Gasteiger partial charge >= 0.3 is 0 Å². The number of halogens is 1. The van der Waals surface area contributed by atoms with E-state index in [2.05, 4.69) is 22.9 Å². The summed E-state index contributed by atoms with van der Waals surface area (Å²) in [5.41, 5.74) is 0.711. The fourth-order valence-corrected chi connectivity index (χ4v) is 1.44. The van der Waals surface area contributed by atoms with Gasteiger partial charge in [0.15, 0.2) is 5.78 Å². The first-order valence-corrected chi connectivity index (χ1v) is 6.15. The molecule has 1 atom stereocenters. The summed E-state index contributed by atoms with van der Waals surface area (Å²) in [6, 6.07) is 7.26. The van der Waals surface area contributed by atoms with Gasteiger partial charge < -0.3 is 4.74 Å². The summed E-state index contributed by atoms with van der Waals surface area (Å²) in [5, 5.41) is 0.360. The second-order valence-electron chi connectivity index (χ2n) is 3.42. The SMILES string of the molecule is CCC(C)Oc1ccc(C(=O)CBr)cc1. The fourth-order valence-electron chi connectivity index (χ4n) is 1.11. The van der Waals surface area contributed by atoms with E-state index in [1.54, 1.807) is 12.1 Å². The molecule has 0 heterocycles. The molecule has 0 aromatic heterocycles. The largest absolute Gasteiger partial charge is 0.491 e. The quantitative estimate of drug-likeness (QED) is 0.605. The summed E-state index contributed by atoms with van der Waals surface area (Å²) in [6.07, 6.45) is 1.19. The van der Waals surface area contributed by atoms with E-state index in [0.29, 0.717) is 10.9 Å². The number of alkyl halides is 1. The fraction of sp³-hybridized carbons (Fsp3) is 0.417.